The molecule has 0 aromatic carbocycles. The molecule has 0 saturated heterocycles. The number of halogens is 2. The molecule has 3 heteroatoms. The van der Waals surface area contributed by atoms with Crippen LogP contribution in [0.3, 0.4) is 0 Å². The van der Waals surface area contributed by atoms with Crippen LogP contribution >= 0.6 is 38.9 Å². The van der Waals surface area contributed by atoms with Crippen molar-refractivity contribution in [2.45, 2.75) is 32.6 Å². The average Bonchev–Trinajstić information content (AvgIpc) is 2.59. The second-order valence-electron chi connectivity index (χ2n) is 4.75. The van der Waals surface area contributed by atoms with Crippen LogP contribution in [-0.2, 0) is 0 Å². The van der Waals surface area contributed by atoms with Crippen molar-refractivity contribution < 1.29 is 0 Å². The Morgan fingerprint density at radius 3 is 2.57 bits per heavy atom. The number of hydrogen-bond acceptors (Lipinski definition) is 1. The highest BCUT2D eigenvalue weighted by Crippen LogP contribution is 2.60. The van der Waals surface area contributed by atoms with Crippen molar-refractivity contribution in [1.82, 2.24) is 0 Å². The lowest BCUT2D eigenvalue weighted by molar-refractivity contribution is 0.551. The molecule has 0 radical (unpaired) electrons. The van der Waals surface area contributed by atoms with E-state index in [1.807, 2.05) is 11.3 Å². The van der Waals surface area contributed by atoms with E-state index in [1.54, 1.807) is 0 Å². The third-order valence-corrected chi connectivity index (χ3v) is 5.98. The summed E-state index contributed by atoms with van der Waals surface area (Å²) in [6.45, 7) is 6.71. The van der Waals surface area contributed by atoms with Gasteiger partial charge in [-0.3, -0.25) is 0 Å². The van der Waals surface area contributed by atoms with Crippen LogP contribution in [-0.4, -0.2) is 0 Å². The van der Waals surface area contributed by atoms with Crippen LogP contribution in [0.15, 0.2) is 10.5 Å². The Hall–Kier alpha value is 0.470. The number of thiophene rings is 1. The summed E-state index contributed by atoms with van der Waals surface area (Å²) in [5.74, 6) is 0.661. The molecule has 1 fully saturated rings. The molecule has 1 saturated carbocycles. The molecule has 78 valence electrons. The van der Waals surface area contributed by atoms with E-state index in [-0.39, 0.29) is 5.38 Å². The third kappa shape index (κ3) is 1.89. The molecule has 1 heterocycles. The topological polar surface area (TPSA) is 0 Å². The number of hydrogen-bond donors (Lipinski definition) is 0. The van der Waals surface area contributed by atoms with Crippen molar-refractivity contribution >= 4 is 38.9 Å². The maximum absolute atomic E-state index is 6.46. The van der Waals surface area contributed by atoms with Crippen molar-refractivity contribution in [3.8, 4) is 0 Å². The van der Waals surface area contributed by atoms with Crippen molar-refractivity contribution in [2.24, 2.45) is 11.3 Å². The summed E-state index contributed by atoms with van der Waals surface area (Å²) in [5, 5.41) is 0.208. The summed E-state index contributed by atoms with van der Waals surface area (Å²) in [4.78, 5) is 2.63. The van der Waals surface area contributed by atoms with Crippen LogP contribution < -0.4 is 0 Å². The lowest BCUT2D eigenvalue weighted by Crippen LogP contribution is -1.96. The lowest BCUT2D eigenvalue weighted by Gasteiger charge is -2.08. The van der Waals surface area contributed by atoms with Crippen LogP contribution in [0.2, 0.25) is 0 Å². The maximum Gasteiger partial charge on any atom is 0.0712 e. The first-order valence-electron chi connectivity index (χ1n) is 4.82. The van der Waals surface area contributed by atoms with Crippen LogP contribution in [0, 0.1) is 18.3 Å². The summed E-state index contributed by atoms with van der Waals surface area (Å²) >= 11 is 11.8. The molecular weight excluding hydrogens is 280 g/mol. The zero-order valence-electron chi connectivity index (χ0n) is 8.60. The Morgan fingerprint density at radius 2 is 2.21 bits per heavy atom. The molecule has 0 aliphatic heterocycles. The first-order valence-corrected chi connectivity index (χ1v) is 6.86. The number of alkyl halides is 1. The van der Waals surface area contributed by atoms with Gasteiger partial charge in [0.25, 0.3) is 0 Å². The summed E-state index contributed by atoms with van der Waals surface area (Å²) in [6, 6.07) is 2.17. The largest absolute Gasteiger partial charge is 0.143 e. The minimum absolute atomic E-state index is 0.208. The Kier molecular flexibility index (Phi) is 2.74. The molecule has 1 aromatic heterocycles. The molecule has 0 spiro atoms. The first-order chi connectivity index (χ1) is 6.42. The average molecular weight is 294 g/mol. The van der Waals surface area contributed by atoms with Gasteiger partial charge < -0.3 is 0 Å². The summed E-state index contributed by atoms with van der Waals surface area (Å²) in [5.41, 5.74) is 0.455. The van der Waals surface area contributed by atoms with Crippen LogP contribution in [0.5, 0.6) is 0 Å². The zero-order chi connectivity index (χ0) is 10.5. The van der Waals surface area contributed by atoms with Gasteiger partial charge in [-0.15, -0.1) is 22.9 Å². The zero-order valence-corrected chi connectivity index (χ0v) is 11.8. The molecule has 0 bridgehead atoms. The molecular formula is C11H14BrClS. The van der Waals surface area contributed by atoms with Crippen LogP contribution in [0.4, 0.5) is 0 Å². The van der Waals surface area contributed by atoms with Gasteiger partial charge in [0.05, 0.1) is 5.38 Å². The highest BCUT2D eigenvalue weighted by Gasteiger charge is 2.50. The van der Waals surface area contributed by atoms with Gasteiger partial charge in [-0.25, -0.2) is 0 Å². The van der Waals surface area contributed by atoms with Crippen molar-refractivity contribution in [2.75, 3.05) is 0 Å². The van der Waals surface area contributed by atoms with Crippen molar-refractivity contribution in [3.05, 3.63) is 20.3 Å². The molecule has 2 atom stereocenters. The third-order valence-electron chi connectivity index (χ3n) is 3.09. The van der Waals surface area contributed by atoms with Crippen LogP contribution in [0.25, 0.3) is 0 Å². The molecule has 0 nitrogen and oxygen atoms in total. The van der Waals surface area contributed by atoms with Gasteiger partial charge in [-0.2, -0.15) is 0 Å². The predicted octanol–water partition coefficient (Wildman–Crippen LogP) is 5.15. The fourth-order valence-electron chi connectivity index (χ4n) is 1.82. The van der Waals surface area contributed by atoms with Gasteiger partial charge in [0.15, 0.2) is 0 Å². The van der Waals surface area contributed by atoms with E-state index >= 15 is 0 Å². The normalized spacial score (nSPS) is 26.2. The van der Waals surface area contributed by atoms with E-state index in [4.69, 9.17) is 11.6 Å². The molecule has 1 aliphatic rings. The van der Waals surface area contributed by atoms with E-state index < -0.39 is 0 Å². The van der Waals surface area contributed by atoms with Crippen molar-refractivity contribution in [1.29, 1.82) is 0 Å². The standard InChI is InChI=1S/C11H14BrClS/c1-6-8(12)4-9(14-6)10(13)7-5-11(7,2)3/h4,7,10H,5H2,1-3H3. The molecule has 0 amide bonds. The van der Waals surface area contributed by atoms with Gasteiger partial charge in [0, 0.05) is 14.2 Å². The summed E-state index contributed by atoms with van der Waals surface area (Å²) in [6.07, 6.45) is 1.26. The number of aryl methyl sites for hydroxylation is 1. The van der Waals surface area contributed by atoms with Gasteiger partial charge in [0.2, 0.25) is 0 Å². The van der Waals surface area contributed by atoms with Gasteiger partial charge >= 0.3 is 0 Å². The Morgan fingerprint density at radius 1 is 1.64 bits per heavy atom. The predicted molar refractivity (Wildman–Crippen MR) is 67.2 cm³/mol. The molecule has 14 heavy (non-hydrogen) atoms. The smallest absolute Gasteiger partial charge is 0.0712 e. The van der Waals surface area contributed by atoms with Gasteiger partial charge in [-0.05, 0) is 46.7 Å². The van der Waals surface area contributed by atoms with E-state index in [9.17, 15) is 0 Å². The van der Waals surface area contributed by atoms with Crippen LogP contribution in [0.1, 0.15) is 35.4 Å². The monoisotopic (exact) mass is 292 g/mol. The van der Waals surface area contributed by atoms with E-state index in [0.29, 0.717) is 11.3 Å². The minimum Gasteiger partial charge on any atom is -0.143 e. The minimum atomic E-state index is 0.208. The van der Waals surface area contributed by atoms with E-state index in [1.165, 1.54) is 20.6 Å². The molecule has 1 aromatic rings. The second kappa shape index (κ2) is 3.50. The summed E-state index contributed by atoms with van der Waals surface area (Å²) in [7, 11) is 0. The molecule has 2 unspecified atom stereocenters. The van der Waals surface area contributed by atoms with Gasteiger partial charge in [0.1, 0.15) is 0 Å². The van der Waals surface area contributed by atoms with E-state index in [0.717, 1.165) is 0 Å². The Labute approximate surface area is 103 Å². The highest BCUT2D eigenvalue weighted by molar-refractivity contribution is 9.10. The Balaban J connectivity index is 2.16. The Bertz CT molecular complexity index is 337. The lowest BCUT2D eigenvalue weighted by atomic mass is 10.1. The maximum atomic E-state index is 6.46. The SMILES string of the molecule is Cc1sc(C(Cl)C2CC2(C)C)cc1Br. The molecule has 1 aliphatic carbocycles. The molecule has 0 N–H and O–H groups in total. The van der Waals surface area contributed by atoms with Crippen molar-refractivity contribution in [3.63, 3.8) is 0 Å². The highest BCUT2D eigenvalue weighted by atomic mass is 79.9. The fourth-order valence-corrected chi connectivity index (χ4v) is 4.05. The molecule has 2 rings (SSSR count). The first kappa shape index (κ1) is 11.0. The van der Waals surface area contributed by atoms with E-state index in [2.05, 4.69) is 42.8 Å². The summed E-state index contributed by atoms with van der Waals surface area (Å²) < 4.78 is 1.20. The fraction of sp³-hybridized carbons (Fsp3) is 0.636. The second-order valence-corrected chi connectivity index (χ2v) is 7.37. The van der Waals surface area contributed by atoms with Gasteiger partial charge in [-0.1, -0.05) is 13.8 Å². The quantitative estimate of drug-likeness (QED) is 0.662. The number of rotatable bonds is 2.